The van der Waals surface area contributed by atoms with Crippen molar-refractivity contribution in [2.75, 3.05) is 5.73 Å². The SMILES string of the molecule is Nc1c(F)c(F)c2nc3c(F)c(F)c(F)c(F)c3nc2c1F. The summed E-state index contributed by atoms with van der Waals surface area (Å²) in [7, 11) is 0. The van der Waals surface area contributed by atoms with Gasteiger partial charge in [0.05, 0.1) is 0 Å². The van der Waals surface area contributed by atoms with Crippen molar-refractivity contribution >= 4 is 27.8 Å². The molecule has 0 atom stereocenters. The lowest BCUT2D eigenvalue weighted by molar-refractivity contribution is 0.416. The summed E-state index contributed by atoms with van der Waals surface area (Å²) in [5.74, 6) is -13.5. The number of anilines is 1. The van der Waals surface area contributed by atoms with Crippen molar-refractivity contribution in [2.45, 2.75) is 0 Å². The van der Waals surface area contributed by atoms with E-state index in [1.54, 1.807) is 0 Å². The molecular formula is C12H2F7N3. The highest BCUT2D eigenvalue weighted by Crippen LogP contribution is 2.31. The highest BCUT2D eigenvalue weighted by Gasteiger charge is 2.26. The van der Waals surface area contributed by atoms with Crippen LogP contribution in [0.2, 0.25) is 0 Å². The molecule has 114 valence electrons. The lowest BCUT2D eigenvalue weighted by Gasteiger charge is -2.08. The van der Waals surface area contributed by atoms with Crippen LogP contribution in [-0.4, -0.2) is 9.97 Å². The van der Waals surface area contributed by atoms with Gasteiger partial charge in [-0.25, -0.2) is 40.7 Å². The summed E-state index contributed by atoms with van der Waals surface area (Å²) in [6.07, 6.45) is 0. The molecule has 0 bridgehead atoms. The van der Waals surface area contributed by atoms with Gasteiger partial charge in [0.2, 0.25) is 0 Å². The molecule has 10 heteroatoms. The summed E-state index contributed by atoms with van der Waals surface area (Å²) in [5, 5.41) is 0. The van der Waals surface area contributed by atoms with E-state index in [2.05, 4.69) is 9.97 Å². The Morgan fingerprint density at radius 3 is 1.18 bits per heavy atom. The summed E-state index contributed by atoms with van der Waals surface area (Å²) in [4.78, 5) is 6.26. The van der Waals surface area contributed by atoms with Gasteiger partial charge in [0, 0.05) is 0 Å². The van der Waals surface area contributed by atoms with Gasteiger partial charge in [-0.3, -0.25) is 0 Å². The number of nitrogens with two attached hydrogens (primary N) is 1. The molecule has 2 aromatic carbocycles. The van der Waals surface area contributed by atoms with E-state index in [4.69, 9.17) is 5.73 Å². The van der Waals surface area contributed by atoms with Gasteiger partial charge in [-0.05, 0) is 0 Å². The topological polar surface area (TPSA) is 51.8 Å². The smallest absolute Gasteiger partial charge is 0.199 e. The van der Waals surface area contributed by atoms with Crippen molar-refractivity contribution in [3.63, 3.8) is 0 Å². The lowest BCUT2D eigenvalue weighted by atomic mass is 10.2. The van der Waals surface area contributed by atoms with Crippen molar-refractivity contribution in [3.05, 3.63) is 40.7 Å². The Hall–Kier alpha value is -2.65. The third-order valence-electron chi connectivity index (χ3n) is 2.97. The monoisotopic (exact) mass is 321 g/mol. The van der Waals surface area contributed by atoms with E-state index in [-0.39, 0.29) is 0 Å². The Morgan fingerprint density at radius 2 is 0.773 bits per heavy atom. The molecule has 22 heavy (non-hydrogen) atoms. The fourth-order valence-electron chi connectivity index (χ4n) is 1.89. The van der Waals surface area contributed by atoms with E-state index in [1.165, 1.54) is 0 Å². The molecule has 0 radical (unpaired) electrons. The van der Waals surface area contributed by atoms with E-state index in [0.29, 0.717) is 0 Å². The molecule has 0 saturated carbocycles. The number of benzene rings is 2. The molecule has 1 heterocycles. The van der Waals surface area contributed by atoms with Gasteiger partial charge >= 0.3 is 0 Å². The Morgan fingerprint density at radius 1 is 0.455 bits per heavy atom. The first kappa shape index (κ1) is 14.3. The molecule has 0 fully saturated rings. The summed E-state index contributed by atoms with van der Waals surface area (Å²) < 4.78 is 94.2. The lowest BCUT2D eigenvalue weighted by Crippen LogP contribution is -2.07. The molecule has 3 rings (SSSR count). The number of rotatable bonds is 0. The van der Waals surface area contributed by atoms with Crippen molar-refractivity contribution in [2.24, 2.45) is 0 Å². The van der Waals surface area contributed by atoms with E-state index >= 15 is 0 Å². The van der Waals surface area contributed by atoms with Crippen LogP contribution in [0.15, 0.2) is 0 Å². The van der Waals surface area contributed by atoms with Crippen LogP contribution in [0, 0.1) is 40.7 Å². The molecule has 0 aliphatic rings. The van der Waals surface area contributed by atoms with Gasteiger partial charge < -0.3 is 5.73 Å². The van der Waals surface area contributed by atoms with E-state index < -0.39 is 68.5 Å². The minimum Gasteiger partial charge on any atom is -0.394 e. The van der Waals surface area contributed by atoms with Crippen molar-refractivity contribution in [1.82, 2.24) is 9.97 Å². The molecule has 0 aliphatic carbocycles. The van der Waals surface area contributed by atoms with Gasteiger partial charge in [-0.15, -0.1) is 0 Å². The molecule has 2 N–H and O–H groups in total. The summed E-state index contributed by atoms with van der Waals surface area (Å²) in [6, 6.07) is 0. The minimum absolute atomic E-state index is 1.05. The van der Waals surface area contributed by atoms with Crippen molar-refractivity contribution < 1.29 is 30.7 Å². The van der Waals surface area contributed by atoms with Gasteiger partial charge in [-0.2, -0.15) is 0 Å². The first-order valence-corrected chi connectivity index (χ1v) is 5.51. The van der Waals surface area contributed by atoms with E-state index in [0.717, 1.165) is 0 Å². The second-order valence-electron chi connectivity index (χ2n) is 4.23. The second kappa shape index (κ2) is 4.42. The van der Waals surface area contributed by atoms with Crippen LogP contribution in [0.25, 0.3) is 22.1 Å². The third kappa shape index (κ3) is 1.63. The predicted octanol–water partition coefficient (Wildman–Crippen LogP) is 3.34. The van der Waals surface area contributed by atoms with Crippen LogP contribution in [0.3, 0.4) is 0 Å². The molecule has 1 aromatic heterocycles. The van der Waals surface area contributed by atoms with Crippen LogP contribution >= 0.6 is 0 Å². The average Bonchev–Trinajstić information content (AvgIpc) is 2.52. The maximum absolute atomic E-state index is 13.8. The van der Waals surface area contributed by atoms with Crippen LogP contribution in [0.5, 0.6) is 0 Å². The normalized spacial score (nSPS) is 11.6. The number of hydrogen-bond donors (Lipinski definition) is 1. The van der Waals surface area contributed by atoms with Crippen LogP contribution in [0.1, 0.15) is 0 Å². The van der Waals surface area contributed by atoms with Gasteiger partial charge in [0.1, 0.15) is 27.8 Å². The molecule has 0 spiro atoms. The van der Waals surface area contributed by atoms with E-state index in [1.807, 2.05) is 0 Å². The summed E-state index contributed by atoms with van der Waals surface area (Å²) >= 11 is 0. The first-order valence-electron chi connectivity index (χ1n) is 5.51. The van der Waals surface area contributed by atoms with Crippen molar-refractivity contribution in [1.29, 1.82) is 0 Å². The molecule has 3 aromatic rings. The third-order valence-corrected chi connectivity index (χ3v) is 2.97. The number of fused-ring (bicyclic) bond motifs is 2. The maximum Gasteiger partial charge on any atom is 0.199 e. The zero-order valence-electron chi connectivity index (χ0n) is 10.1. The predicted molar refractivity (Wildman–Crippen MR) is 61.2 cm³/mol. The molecule has 0 amide bonds. The highest BCUT2D eigenvalue weighted by molar-refractivity contribution is 5.89. The average molecular weight is 321 g/mol. The number of hydrogen-bond acceptors (Lipinski definition) is 3. The summed E-state index contributed by atoms with van der Waals surface area (Å²) in [6.45, 7) is 0. The first-order chi connectivity index (χ1) is 10.3. The number of halogens is 7. The molecule has 0 saturated heterocycles. The summed E-state index contributed by atoms with van der Waals surface area (Å²) in [5.41, 5.74) is -0.896. The number of aromatic nitrogens is 2. The van der Waals surface area contributed by atoms with Gasteiger partial charge in [-0.1, -0.05) is 0 Å². The second-order valence-corrected chi connectivity index (χ2v) is 4.23. The fourth-order valence-corrected chi connectivity index (χ4v) is 1.89. The van der Waals surface area contributed by atoms with E-state index in [9.17, 15) is 30.7 Å². The van der Waals surface area contributed by atoms with Gasteiger partial charge in [0.25, 0.3) is 0 Å². The zero-order chi connectivity index (χ0) is 16.3. The fraction of sp³-hybridized carbons (Fsp3) is 0. The molecule has 0 aliphatic heterocycles. The van der Waals surface area contributed by atoms with Gasteiger partial charge in [0.15, 0.2) is 40.7 Å². The maximum atomic E-state index is 13.8. The Kier molecular flexibility index (Phi) is 2.87. The van der Waals surface area contributed by atoms with Crippen molar-refractivity contribution in [3.8, 4) is 0 Å². The standard InChI is InChI=1S/C12H2F7N3/c13-1-2(14)5(17)10-9(4(1)16)21-11-6(18)3(15)8(20)7(19)12(11)22-10/h20H2. The number of nitrogens with zero attached hydrogens (tertiary/aromatic N) is 2. The molecule has 3 nitrogen and oxygen atoms in total. The Balaban J connectivity index is 2.64. The molecule has 0 unspecified atom stereocenters. The van der Waals surface area contributed by atoms with Crippen LogP contribution in [-0.2, 0) is 0 Å². The Labute approximate surface area is 116 Å². The number of nitrogen functional groups attached to an aromatic ring is 1. The zero-order valence-corrected chi connectivity index (χ0v) is 10.1. The van der Waals surface area contributed by atoms with Crippen LogP contribution < -0.4 is 5.73 Å². The minimum atomic E-state index is -2.21. The molecular weight excluding hydrogens is 319 g/mol. The Bertz CT molecular complexity index is 818. The quantitative estimate of drug-likeness (QED) is 0.227. The largest absolute Gasteiger partial charge is 0.394 e. The highest BCUT2D eigenvalue weighted by atomic mass is 19.2. The van der Waals surface area contributed by atoms with Crippen LogP contribution in [0.4, 0.5) is 36.4 Å².